The summed E-state index contributed by atoms with van der Waals surface area (Å²) in [6.45, 7) is 0. The van der Waals surface area contributed by atoms with Gasteiger partial charge in [0.1, 0.15) is 0 Å². The molecular weight excluding hydrogens is 537 g/mol. The van der Waals surface area contributed by atoms with Gasteiger partial charge in [0.25, 0.3) is 0 Å². The molecule has 0 aliphatic carbocycles. The van der Waals surface area contributed by atoms with Crippen LogP contribution in [0.4, 0.5) is 22.7 Å². The van der Waals surface area contributed by atoms with Crippen LogP contribution in [0.5, 0.6) is 0 Å². The van der Waals surface area contributed by atoms with Gasteiger partial charge in [-0.1, -0.05) is 0 Å². The molecule has 0 unspecified atom stereocenters. The van der Waals surface area contributed by atoms with E-state index in [1.165, 1.54) is 0 Å². The third-order valence-corrected chi connectivity index (χ3v) is 7.49. The maximum atomic E-state index is 5.78. The molecule has 0 fully saturated rings. The van der Waals surface area contributed by atoms with Crippen LogP contribution in [0.1, 0.15) is 22.3 Å². The number of nitrogen functional groups attached to an aromatic ring is 4. The maximum absolute atomic E-state index is 5.78. The van der Waals surface area contributed by atoms with Gasteiger partial charge in [0, 0.05) is 42.3 Å². The predicted molar refractivity (Wildman–Crippen MR) is 171 cm³/mol. The van der Waals surface area contributed by atoms with Gasteiger partial charge in [-0.2, -0.15) is 0 Å². The lowest BCUT2D eigenvalue weighted by atomic mass is 10.0. The van der Waals surface area contributed by atoms with Crippen molar-refractivity contribution < 1.29 is 5.48 Å². The molecule has 9 heteroatoms. The molecule has 0 aliphatic rings. The molecule has 0 aliphatic heterocycles. The Morgan fingerprint density at radius 2 is 0.568 bits per heavy atom. The van der Waals surface area contributed by atoms with Crippen molar-refractivity contribution in [3.05, 3.63) is 95.1 Å². The Labute approximate surface area is 241 Å². The Bertz CT molecular complexity index is 1140. The number of anilines is 4. The molecule has 0 saturated heterocycles. The van der Waals surface area contributed by atoms with Gasteiger partial charge in [-0.15, -0.1) is 50.5 Å². The van der Waals surface area contributed by atoms with E-state index in [4.69, 9.17) is 22.9 Å². The Kier molecular flexibility index (Phi) is 11.9. The number of nitrogens with two attached hydrogens (primary N) is 4. The molecule has 37 heavy (non-hydrogen) atoms. The Morgan fingerprint density at radius 1 is 0.378 bits per heavy atom. The molecule has 4 aromatic carbocycles. The van der Waals surface area contributed by atoms with E-state index in [9.17, 15) is 0 Å². The van der Waals surface area contributed by atoms with Crippen molar-refractivity contribution in [2.75, 3.05) is 22.9 Å². The van der Waals surface area contributed by atoms with Crippen LogP contribution in [0, 0.1) is 0 Å². The summed E-state index contributed by atoms with van der Waals surface area (Å²) in [4.78, 5) is 3.87. The van der Waals surface area contributed by atoms with E-state index in [1.54, 1.807) is 0 Å². The highest BCUT2D eigenvalue weighted by molar-refractivity contribution is 7.80. The second kappa shape index (κ2) is 14.4. The summed E-state index contributed by atoms with van der Waals surface area (Å²) in [6, 6.07) is 23.0. The molecule has 0 amide bonds. The highest BCUT2D eigenvalue weighted by Crippen LogP contribution is 2.24. The van der Waals surface area contributed by atoms with Crippen LogP contribution in [0.15, 0.2) is 92.4 Å². The Hall–Kier alpha value is -2.56. The molecule has 4 rings (SSSR count). The van der Waals surface area contributed by atoms with Crippen LogP contribution in [-0.4, -0.2) is 5.48 Å². The van der Waals surface area contributed by atoms with Crippen LogP contribution >= 0.6 is 50.5 Å². The molecular formula is C28H34N4OS4. The number of aryl methyl sites for hydroxylation is 4. The molecule has 0 atom stereocenters. The number of benzene rings is 4. The topological polar surface area (TPSA) is 136 Å². The fourth-order valence-corrected chi connectivity index (χ4v) is 4.76. The van der Waals surface area contributed by atoms with Crippen LogP contribution in [0.25, 0.3) is 0 Å². The molecule has 5 nitrogen and oxygen atoms in total. The highest BCUT2D eigenvalue weighted by Gasteiger charge is 2.05. The zero-order valence-corrected chi connectivity index (χ0v) is 23.9. The molecule has 0 aromatic heterocycles. The standard InChI is InChI=1S/2C14H16N2S2.H2O/c2*15-11-3-5-13(17)9(7-11)1-2-10-8-12(16)4-6-14(10)18;/h2*3-8,17-18H,1-2,15-16H2;1H2. The molecule has 0 spiro atoms. The van der Waals surface area contributed by atoms with Crippen LogP contribution in [0.2, 0.25) is 0 Å². The van der Waals surface area contributed by atoms with Crippen molar-refractivity contribution in [1.29, 1.82) is 0 Å². The summed E-state index contributed by atoms with van der Waals surface area (Å²) in [5.74, 6) is 0. The SMILES string of the molecule is Nc1ccc(S)c(CCc2cc(N)ccc2S)c1.Nc1ccc(S)c(CCc2cc(N)ccc2S)c1.O. The smallest absolute Gasteiger partial charge is 0.0317 e. The van der Waals surface area contributed by atoms with E-state index in [-0.39, 0.29) is 5.48 Å². The largest absolute Gasteiger partial charge is 0.412 e. The second-order valence-electron chi connectivity index (χ2n) is 8.55. The summed E-state index contributed by atoms with van der Waals surface area (Å²) in [5, 5.41) is 0. The van der Waals surface area contributed by atoms with E-state index < -0.39 is 0 Å². The first-order chi connectivity index (χ1) is 17.1. The maximum Gasteiger partial charge on any atom is 0.0317 e. The average Bonchev–Trinajstić information content (AvgIpc) is 2.84. The normalized spacial score (nSPS) is 10.3. The first-order valence-electron chi connectivity index (χ1n) is 11.4. The van der Waals surface area contributed by atoms with Crippen molar-refractivity contribution in [2.24, 2.45) is 0 Å². The van der Waals surface area contributed by atoms with Gasteiger partial charge in [-0.25, -0.2) is 0 Å². The number of hydrogen-bond acceptors (Lipinski definition) is 8. The van der Waals surface area contributed by atoms with Gasteiger partial charge in [-0.3, -0.25) is 0 Å². The van der Waals surface area contributed by atoms with Gasteiger partial charge in [0.15, 0.2) is 0 Å². The lowest BCUT2D eigenvalue weighted by molar-refractivity contribution is 0.824. The molecule has 10 N–H and O–H groups in total. The molecule has 0 saturated carbocycles. The van der Waals surface area contributed by atoms with E-state index in [2.05, 4.69) is 50.5 Å². The minimum Gasteiger partial charge on any atom is -0.412 e. The zero-order valence-electron chi connectivity index (χ0n) is 20.4. The lowest BCUT2D eigenvalue weighted by Crippen LogP contribution is -1.97. The van der Waals surface area contributed by atoms with Crippen molar-refractivity contribution in [1.82, 2.24) is 0 Å². The van der Waals surface area contributed by atoms with Crippen molar-refractivity contribution in [3.8, 4) is 0 Å². The van der Waals surface area contributed by atoms with E-state index >= 15 is 0 Å². The third kappa shape index (κ3) is 9.36. The zero-order chi connectivity index (χ0) is 26.2. The minimum absolute atomic E-state index is 0. The molecule has 0 bridgehead atoms. The van der Waals surface area contributed by atoms with Gasteiger partial charge in [0.05, 0.1) is 0 Å². The van der Waals surface area contributed by atoms with Crippen molar-refractivity contribution in [3.63, 3.8) is 0 Å². The Balaban J connectivity index is 0.000000253. The van der Waals surface area contributed by atoms with Crippen LogP contribution in [0.3, 0.4) is 0 Å². The van der Waals surface area contributed by atoms with E-state index in [0.717, 1.165) is 90.3 Å². The summed E-state index contributed by atoms with van der Waals surface area (Å²) in [7, 11) is 0. The number of thiol groups is 4. The van der Waals surface area contributed by atoms with Crippen molar-refractivity contribution >= 4 is 73.3 Å². The third-order valence-electron chi connectivity index (χ3n) is 5.74. The molecule has 4 aromatic rings. The number of hydrogen-bond donors (Lipinski definition) is 8. The van der Waals surface area contributed by atoms with Gasteiger partial charge in [0.2, 0.25) is 0 Å². The molecule has 0 heterocycles. The average molecular weight is 571 g/mol. The quantitative estimate of drug-likeness (QED) is 0.113. The fourth-order valence-electron chi connectivity index (χ4n) is 3.76. The van der Waals surface area contributed by atoms with Gasteiger partial charge < -0.3 is 28.4 Å². The Morgan fingerprint density at radius 3 is 0.757 bits per heavy atom. The summed E-state index contributed by atoms with van der Waals surface area (Å²) < 4.78 is 0. The summed E-state index contributed by atoms with van der Waals surface area (Å²) >= 11 is 17.8. The van der Waals surface area contributed by atoms with Crippen LogP contribution < -0.4 is 22.9 Å². The summed E-state index contributed by atoms with van der Waals surface area (Å²) in [6.07, 6.45) is 3.50. The number of rotatable bonds is 6. The first kappa shape index (κ1) is 30.7. The van der Waals surface area contributed by atoms with Crippen molar-refractivity contribution in [2.45, 2.75) is 45.3 Å². The van der Waals surface area contributed by atoms with E-state index in [0.29, 0.717) is 0 Å². The predicted octanol–water partition coefficient (Wildman–Crippen LogP) is 5.60. The first-order valence-corrected chi connectivity index (χ1v) is 13.2. The fraction of sp³-hybridized carbons (Fsp3) is 0.143. The van der Waals surface area contributed by atoms with Crippen LogP contribution in [-0.2, 0) is 25.7 Å². The molecule has 0 radical (unpaired) electrons. The molecule has 196 valence electrons. The monoisotopic (exact) mass is 570 g/mol. The summed E-state index contributed by atoms with van der Waals surface area (Å²) in [5.41, 5.74) is 30.8. The van der Waals surface area contributed by atoms with Gasteiger partial charge in [-0.05, 0) is 121 Å². The minimum atomic E-state index is 0. The van der Waals surface area contributed by atoms with E-state index in [1.807, 2.05) is 72.8 Å². The lowest BCUT2D eigenvalue weighted by Gasteiger charge is -2.09. The van der Waals surface area contributed by atoms with Gasteiger partial charge >= 0.3 is 0 Å². The highest BCUT2D eigenvalue weighted by atomic mass is 32.1. The second-order valence-corrected chi connectivity index (χ2v) is 10.5.